The van der Waals surface area contributed by atoms with Crippen molar-refractivity contribution in [3.8, 4) is 0 Å². The van der Waals surface area contributed by atoms with E-state index in [0.717, 1.165) is 5.69 Å². The zero-order valence-corrected chi connectivity index (χ0v) is 5.87. The minimum atomic E-state index is 0.125. The highest BCUT2D eigenvalue weighted by molar-refractivity contribution is 5.99. The van der Waals surface area contributed by atoms with Crippen LogP contribution in [-0.2, 0) is 6.42 Å². The molecule has 0 aromatic carbocycles. The second-order valence-corrected chi connectivity index (χ2v) is 2.51. The Labute approximate surface area is 63.5 Å². The van der Waals surface area contributed by atoms with Gasteiger partial charge in [-0.25, -0.2) is 9.97 Å². The van der Waals surface area contributed by atoms with Gasteiger partial charge in [0.1, 0.15) is 0 Å². The van der Waals surface area contributed by atoms with Gasteiger partial charge in [-0.05, 0) is 6.42 Å². The maximum absolute atomic E-state index is 11.1. The molecule has 1 aliphatic carbocycles. The molecule has 0 spiro atoms. The molecule has 0 bridgehead atoms. The van der Waals surface area contributed by atoms with E-state index in [1.807, 2.05) is 0 Å². The number of nitrogens with zero attached hydrogens (tertiary/aromatic N) is 2. The number of carbonyl (C=O) groups excluding carboxylic acids is 1. The number of nitrogen functional groups attached to an aromatic ring is 1. The second kappa shape index (κ2) is 2.02. The number of aromatic nitrogens is 2. The number of ketones is 1. The SMILES string of the molecule is Nc1ncc2c(n1)CCC2=O. The lowest BCUT2D eigenvalue weighted by Crippen LogP contribution is -2.00. The summed E-state index contributed by atoms with van der Waals surface area (Å²) in [6, 6.07) is 0. The second-order valence-electron chi connectivity index (χ2n) is 2.51. The third-order valence-corrected chi connectivity index (χ3v) is 1.78. The first kappa shape index (κ1) is 6.27. The number of fused-ring (bicyclic) bond motifs is 1. The van der Waals surface area contributed by atoms with Gasteiger partial charge in [-0.2, -0.15) is 0 Å². The largest absolute Gasteiger partial charge is 0.368 e. The average molecular weight is 149 g/mol. The van der Waals surface area contributed by atoms with Gasteiger partial charge in [0.25, 0.3) is 0 Å². The highest BCUT2D eigenvalue weighted by Crippen LogP contribution is 2.18. The van der Waals surface area contributed by atoms with E-state index in [2.05, 4.69) is 9.97 Å². The molecule has 1 aromatic heterocycles. The van der Waals surface area contributed by atoms with Crippen molar-refractivity contribution >= 4 is 11.7 Å². The fourth-order valence-corrected chi connectivity index (χ4v) is 1.22. The molecule has 11 heavy (non-hydrogen) atoms. The van der Waals surface area contributed by atoms with E-state index in [4.69, 9.17) is 5.73 Å². The summed E-state index contributed by atoms with van der Waals surface area (Å²) in [6.45, 7) is 0. The molecule has 0 saturated carbocycles. The Bertz CT molecular complexity index is 321. The van der Waals surface area contributed by atoms with Crippen LogP contribution in [-0.4, -0.2) is 15.8 Å². The Morgan fingerprint density at radius 3 is 3.09 bits per heavy atom. The summed E-state index contributed by atoms with van der Waals surface area (Å²) in [6.07, 6.45) is 2.77. The maximum Gasteiger partial charge on any atom is 0.220 e. The van der Waals surface area contributed by atoms with Gasteiger partial charge in [-0.1, -0.05) is 0 Å². The number of hydrogen-bond donors (Lipinski definition) is 1. The summed E-state index contributed by atoms with van der Waals surface area (Å²) in [7, 11) is 0. The lowest BCUT2D eigenvalue weighted by atomic mass is 10.2. The van der Waals surface area contributed by atoms with Gasteiger partial charge in [-0.3, -0.25) is 4.79 Å². The molecule has 0 fully saturated rings. The lowest BCUT2D eigenvalue weighted by Gasteiger charge is -1.95. The molecule has 1 aliphatic rings. The monoisotopic (exact) mass is 149 g/mol. The van der Waals surface area contributed by atoms with E-state index in [-0.39, 0.29) is 11.7 Å². The smallest absolute Gasteiger partial charge is 0.220 e. The molecule has 0 saturated heterocycles. The Morgan fingerprint density at radius 2 is 2.27 bits per heavy atom. The van der Waals surface area contributed by atoms with Crippen LogP contribution in [0.2, 0.25) is 0 Å². The van der Waals surface area contributed by atoms with Crippen LogP contribution in [0.15, 0.2) is 6.20 Å². The van der Waals surface area contributed by atoms with Crippen molar-refractivity contribution in [2.45, 2.75) is 12.8 Å². The average Bonchev–Trinajstić information content (AvgIpc) is 2.32. The van der Waals surface area contributed by atoms with Crippen molar-refractivity contribution in [2.24, 2.45) is 0 Å². The van der Waals surface area contributed by atoms with Crippen molar-refractivity contribution in [1.29, 1.82) is 0 Å². The number of nitrogens with two attached hydrogens (primary N) is 1. The predicted octanol–water partition coefficient (Wildman–Crippen LogP) is 0.188. The van der Waals surface area contributed by atoms with Crippen LogP contribution < -0.4 is 5.73 Å². The molecular weight excluding hydrogens is 142 g/mol. The molecule has 4 heteroatoms. The fourth-order valence-electron chi connectivity index (χ4n) is 1.22. The summed E-state index contributed by atoms with van der Waals surface area (Å²) in [5.41, 5.74) is 6.77. The van der Waals surface area contributed by atoms with Gasteiger partial charge in [0.15, 0.2) is 5.78 Å². The topological polar surface area (TPSA) is 68.9 Å². The van der Waals surface area contributed by atoms with Gasteiger partial charge in [0.2, 0.25) is 5.95 Å². The third-order valence-electron chi connectivity index (χ3n) is 1.78. The number of anilines is 1. The normalized spacial score (nSPS) is 15.1. The molecule has 2 N–H and O–H groups in total. The first-order valence-electron chi connectivity index (χ1n) is 3.42. The first-order chi connectivity index (χ1) is 5.27. The van der Waals surface area contributed by atoms with E-state index in [1.54, 1.807) is 0 Å². The summed E-state index contributed by atoms with van der Waals surface area (Å²) in [4.78, 5) is 18.8. The van der Waals surface area contributed by atoms with E-state index in [0.29, 0.717) is 18.4 Å². The van der Waals surface area contributed by atoms with E-state index in [9.17, 15) is 4.79 Å². The third kappa shape index (κ3) is 0.869. The molecule has 56 valence electrons. The van der Waals surface area contributed by atoms with Crippen LogP contribution in [0, 0.1) is 0 Å². The predicted molar refractivity (Wildman–Crippen MR) is 39.1 cm³/mol. The number of hydrogen-bond acceptors (Lipinski definition) is 4. The minimum absolute atomic E-state index is 0.125. The molecule has 4 nitrogen and oxygen atoms in total. The van der Waals surface area contributed by atoms with Crippen molar-refractivity contribution in [3.63, 3.8) is 0 Å². The minimum Gasteiger partial charge on any atom is -0.368 e. The molecule has 0 atom stereocenters. The summed E-state index contributed by atoms with van der Waals surface area (Å²) in [5.74, 6) is 0.374. The molecule has 2 rings (SSSR count). The number of aryl methyl sites for hydroxylation is 1. The molecule has 0 amide bonds. The Hall–Kier alpha value is -1.45. The number of Topliss-reactive ketones (excluding diaryl/α,β-unsaturated/α-hetero) is 1. The standard InChI is InChI=1S/C7H7N3O/c8-7-9-3-4-5(10-7)1-2-6(4)11/h3H,1-2H2,(H2,8,9,10). The van der Waals surface area contributed by atoms with Crippen LogP contribution in [0.4, 0.5) is 5.95 Å². The molecule has 1 aromatic rings. The van der Waals surface area contributed by atoms with Crippen molar-refractivity contribution in [2.75, 3.05) is 5.73 Å². The van der Waals surface area contributed by atoms with Crippen LogP contribution in [0.1, 0.15) is 22.5 Å². The Kier molecular flexibility index (Phi) is 1.15. The fraction of sp³-hybridized carbons (Fsp3) is 0.286. The highest BCUT2D eigenvalue weighted by atomic mass is 16.1. The van der Waals surface area contributed by atoms with Gasteiger partial charge in [0.05, 0.1) is 11.3 Å². The zero-order chi connectivity index (χ0) is 7.84. The Morgan fingerprint density at radius 1 is 1.45 bits per heavy atom. The molecular formula is C7H7N3O. The van der Waals surface area contributed by atoms with Crippen LogP contribution in [0.5, 0.6) is 0 Å². The van der Waals surface area contributed by atoms with E-state index >= 15 is 0 Å². The Balaban J connectivity index is 2.59. The summed E-state index contributed by atoms with van der Waals surface area (Å²) < 4.78 is 0. The highest BCUT2D eigenvalue weighted by Gasteiger charge is 2.20. The quantitative estimate of drug-likeness (QED) is 0.571. The summed E-state index contributed by atoms with van der Waals surface area (Å²) >= 11 is 0. The molecule has 0 aliphatic heterocycles. The molecule has 0 radical (unpaired) electrons. The van der Waals surface area contributed by atoms with Crippen LogP contribution >= 0.6 is 0 Å². The van der Waals surface area contributed by atoms with Crippen molar-refractivity contribution in [1.82, 2.24) is 9.97 Å². The van der Waals surface area contributed by atoms with E-state index in [1.165, 1.54) is 6.20 Å². The van der Waals surface area contributed by atoms with Crippen molar-refractivity contribution < 1.29 is 4.79 Å². The molecule has 1 heterocycles. The van der Waals surface area contributed by atoms with E-state index < -0.39 is 0 Å². The lowest BCUT2D eigenvalue weighted by molar-refractivity contribution is 0.0994. The first-order valence-corrected chi connectivity index (χ1v) is 3.42. The van der Waals surface area contributed by atoms with Crippen LogP contribution in [0.25, 0.3) is 0 Å². The zero-order valence-electron chi connectivity index (χ0n) is 5.87. The summed E-state index contributed by atoms with van der Waals surface area (Å²) in [5, 5.41) is 0. The van der Waals surface area contributed by atoms with Crippen molar-refractivity contribution in [3.05, 3.63) is 17.5 Å². The van der Waals surface area contributed by atoms with Gasteiger partial charge >= 0.3 is 0 Å². The van der Waals surface area contributed by atoms with Gasteiger partial charge in [0, 0.05) is 12.6 Å². The maximum atomic E-state index is 11.1. The van der Waals surface area contributed by atoms with Gasteiger partial charge < -0.3 is 5.73 Å². The molecule has 0 unspecified atom stereocenters. The van der Waals surface area contributed by atoms with Gasteiger partial charge in [-0.15, -0.1) is 0 Å². The van der Waals surface area contributed by atoms with Crippen LogP contribution in [0.3, 0.4) is 0 Å². The number of rotatable bonds is 0. The number of carbonyl (C=O) groups is 1.